The fraction of sp³-hybridized carbons (Fsp3) is 0.467. The maximum absolute atomic E-state index is 12.1. The summed E-state index contributed by atoms with van der Waals surface area (Å²) in [5.41, 5.74) is 6.39. The second kappa shape index (κ2) is 5.94. The van der Waals surface area contributed by atoms with Gasteiger partial charge in [-0.15, -0.1) is 0 Å². The van der Waals surface area contributed by atoms with Gasteiger partial charge in [0, 0.05) is 6.54 Å². The highest BCUT2D eigenvalue weighted by Gasteiger charge is 2.33. The molecule has 2 amide bonds. The lowest BCUT2D eigenvalue weighted by molar-refractivity contribution is -0.121. The van der Waals surface area contributed by atoms with Crippen LogP contribution in [0.25, 0.3) is 0 Å². The Labute approximate surface area is 118 Å². The van der Waals surface area contributed by atoms with Gasteiger partial charge >= 0.3 is 6.09 Å². The third kappa shape index (κ3) is 3.10. The van der Waals surface area contributed by atoms with E-state index < -0.39 is 18.0 Å². The lowest BCUT2D eigenvalue weighted by atomic mass is 10.0. The number of hydrogen-bond acceptors (Lipinski definition) is 3. The fourth-order valence-electron chi connectivity index (χ4n) is 2.38. The lowest BCUT2D eigenvalue weighted by Crippen LogP contribution is -2.44. The summed E-state index contributed by atoms with van der Waals surface area (Å²) in [7, 11) is 0. The Balaban J connectivity index is 2.08. The number of benzene rings is 1. The van der Waals surface area contributed by atoms with Crippen molar-refractivity contribution in [2.24, 2.45) is 5.73 Å². The van der Waals surface area contributed by atoms with Crippen LogP contribution in [0.2, 0.25) is 0 Å². The van der Waals surface area contributed by atoms with Crippen LogP contribution in [0.1, 0.15) is 38.2 Å². The third-order valence-electron chi connectivity index (χ3n) is 3.55. The quantitative estimate of drug-likeness (QED) is 0.920. The van der Waals surface area contributed by atoms with Crippen LogP contribution >= 0.6 is 0 Å². The average Bonchev–Trinajstić information content (AvgIpc) is 2.88. The number of amides is 2. The molecule has 20 heavy (non-hydrogen) atoms. The average molecular weight is 276 g/mol. The van der Waals surface area contributed by atoms with E-state index in [1.807, 2.05) is 18.2 Å². The van der Waals surface area contributed by atoms with Crippen LogP contribution in [0.4, 0.5) is 4.79 Å². The highest BCUT2D eigenvalue weighted by Crippen LogP contribution is 2.23. The first-order valence-corrected chi connectivity index (χ1v) is 6.86. The van der Waals surface area contributed by atoms with Crippen LogP contribution < -0.4 is 10.5 Å². The molecule has 5 nitrogen and oxygen atoms in total. The summed E-state index contributed by atoms with van der Waals surface area (Å²) in [5.74, 6) is 0.380. The number of hydrogen-bond donors (Lipinski definition) is 1. The van der Waals surface area contributed by atoms with Crippen molar-refractivity contribution < 1.29 is 14.3 Å². The number of primary amides is 1. The maximum atomic E-state index is 12.1. The zero-order valence-corrected chi connectivity index (χ0v) is 11.8. The second-order valence-electron chi connectivity index (χ2n) is 5.35. The van der Waals surface area contributed by atoms with Crippen LogP contribution in [0.15, 0.2) is 24.3 Å². The number of rotatable bonds is 3. The van der Waals surface area contributed by atoms with Gasteiger partial charge < -0.3 is 10.5 Å². The van der Waals surface area contributed by atoms with Gasteiger partial charge in [-0.1, -0.05) is 26.0 Å². The van der Waals surface area contributed by atoms with E-state index in [4.69, 9.17) is 10.5 Å². The summed E-state index contributed by atoms with van der Waals surface area (Å²) in [6.07, 6.45) is 0.873. The van der Waals surface area contributed by atoms with Gasteiger partial charge in [-0.3, -0.25) is 9.69 Å². The standard InChI is InChI=1S/C15H20N2O3/c1-10(2)11-5-3-6-12(9-11)20-15(19)17-8-4-7-13(17)14(16)18/h3,5-6,9-10,13H,4,7-8H2,1-2H3,(H2,16,18). The van der Waals surface area contributed by atoms with Gasteiger partial charge in [0.1, 0.15) is 11.8 Å². The number of carbonyl (C=O) groups excluding carboxylic acids is 2. The Kier molecular flexibility index (Phi) is 4.27. The van der Waals surface area contributed by atoms with E-state index in [0.717, 1.165) is 12.0 Å². The van der Waals surface area contributed by atoms with Crippen molar-refractivity contribution in [2.45, 2.75) is 38.6 Å². The van der Waals surface area contributed by atoms with E-state index in [1.54, 1.807) is 6.07 Å². The van der Waals surface area contributed by atoms with E-state index in [0.29, 0.717) is 24.6 Å². The van der Waals surface area contributed by atoms with Gasteiger partial charge in [-0.05, 0) is 36.5 Å². The molecule has 1 saturated heterocycles. The first-order valence-electron chi connectivity index (χ1n) is 6.86. The molecule has 1 fully saturated rings. The maximum Gasteiger partial charge on any atom is 0.415 e. The zero-order chi connectivity index (χ0) is 14.7. The molecule has 1 aromatic carbocycles. The molecular weight excluding hydrogens is 256 g/mol. The monoisotopic (exact) mass is 276 g/mol. The van der Waals surface area contributed by atoms with E-state index in [-0.39, 0.29) is 0 Å². The Morgan fingerprint density at radius 1 is 1.40 bits per heavy atom. The molecule has 108 valence electrons. The molecule has 1 heterocycles. The molecule has 0 aromatic heterocycles. The summed E-state index contributed by atoms with van der Waals surface area (Å²) in [6, 6.07) is 6.88. The second-order valence-corrected chi connectivity index (χ2v) is 5.35. The molecule has 5 heteroatoms. The van der Waals surface area contributed by atoms with Crippen LogP contribution in [-0.2, 0) is 4.79 Å². The molecule has 0 radical (unpaired) electrons. The molecular formula is C15H20N2O3. The van der Waals surface area contributed by atoms with Crippen molar-refractivity contribution in [1.82, 2.24) is 4.90 Å². The van der Waals surface area contributed by atoms with Gasteiger partial charge in [0.25, 0.3) is 0 Å². The summed E-state index contributed by atoms with van der Waals surface area (Å²) < 4.78 is 5.35. The molecule has 0 bridgehead atoms. The van der Waals surface area contributed by atoms with Gasteiger partial charge in [-0.2, -0.15) is 0 Å². The summed E-state index contributed by atoms with van der Waals surface area (Å²) in [6.45, 7) is 4.66. The topological polar surface area (TPSA) is 72.6 Å². The predicted octanol–water partition coefficient (Wildman–Crippen LogP) is 2.26. The molecule has 1 aliphatic heterocycles. The van der Waals surface area contributed by atoms with Gasteiger partial charge in [0.05, 0.1) is 0 Å². The van der Waals surface area contributed by atoms with Crippen molar-refractivity contribution in [3.8, 4) is 5.75 Å². The Hall–Kier alpha value is -2.04. The summed E-state index contributed by atoms with van der Waals surface area (Å²) in [5, 5.41) is 0. The van der Waals surface area contributed by atoms with E-state index in [2.05, 4.69) is 13.8 Å². The molecule has 0 aliphatic carbocycles. The van der Waals surface area contributed by atoms with Gasteiger partial charge in [0.15, 0.2) is 0 Å². The van der Waals surface area contributed by atoms with Crippen molar-refractivity contribution in [2.75, 3.05) is 6.54 Å². The zero-order valence-electron chi connectivity index (χ0n) is 11.8. The smallest absolute Gasteiger partial charge is 0.410 e. The Bertz CT molecular complexity index is 514. The van der Waals surface area contributed by atoms with Crippen molar-refractivity contribution in [3.05, 3.63) is 29.8 Å². The number of nitrogens with zero attached hydrogens (tertiary/aromatic N) is 1. The number of carbonyl (C=O) groups is 2. The van der Waals surface area contributed by atoms with Crippen LogP contribution in [-0.4, -0.2) is 29.5 Å². The van der Waals surface area contributed by atoms with Crippen molar-refractivity contribution in [3.63, 3.8) is 0 Å². The van der Waals surface area contributed by atoms with Crippen LogP contribution in [0.3, 0.4) is 0 Å². The largest absolute Gasteiger partial charge is 0.415 e. The lowest BCUT2D eigenvalue weighted by Gasteiger charge is -2.21. The Morgan fingerprint density at radius 3 is 2.80 bits per heavy atom. The van der Waals surface area contributed by atoms with Crippen molar-refractivity contribution in [1.29, 1.82) is 0 Å². The molecule has 1 unspecified atom stereocenters. The summed E-state index contributed by atoms with van der Waals surface area (Å²) >= 11 is 0. The predicted molar refractivity (Wildman–Crippen MR) is 75.5 cm³/mol. The highest BCUT2D eigenvalue weighted by molar-refractivity contribution is 5.85. The van der Waals surface area contributed by atoms with E-state index in [1.165, 1.54) is 4.90 Å². The molecule has 2 rings (SSSR count). The van der Waals surface area contributed by atoms with Gasteiger partial charge in [0.2, 0.25) is 5.91 Å². The Morgan fingerprint density at radius 2 is 2.15 bits per heavy atom. The molecule has 1 atom stereocenters. The summed E-state index contributed by atoms with van der Waals surface area (Å²) in [4.78, 5) is 24.8. The van der Waals surface area contributed by atoms with Crippen LogP contribution in [0.5, 0.6) is 5.75 Å². The highest BCUT2D eigenvalue weighted by atomic mass is 16.6. The van der Waals surface area contributed by atoms with E-state index in [9.17, 15) is 9.59 Å². The number of likely N-dealkylation sites (tertiary alicyclic amines) is 1. The SMILES string of the molecule is CC(C)c1cccc(OC(=O)N2CCCC2C(N)=O)c1. The third-order valence-corrected chi connectivity index (χ3v) is 3.55. The first kappa shape index (κ1) is 14.4. The number of nitrogens with two attached hydrogens (primary N) is 1. The molecule has 1 aliphatic rings. The fourth-order valence-corrected chi connectivity index (χ4v) is 2.38. The van der Waals surface area contributed by atoms with Gasteiger partial charge in [-0.25, -0.2) is 4.79 Å². The first-order chi connectivity index (χ1) is 9.49. The normalized spacial score (nSPS) is 18.4. The van der Waals surface area contributed by atoms with Crippen molar-refractivity contribution >= 4 is 12.0 Å². The number of ether oxygens (including phenoxy) is 1. The minimum Gasteiger partial charge on any atom is -0.410 e. The molecule has 2 N–H and O–H groups in total. The molecule has 0 spiro atoms. The minimum atomic E-state index is -0.546. The van der Waals surface area contributed by atoms with E-state index >= 15 is 0 Å². The van der Waals surface area contributed by atoms with Crippen LogP contribution in [0, 0.1) is 0 Å². The molecule has 1 aromatic rings. The molecule has 0 saturated carbocycles. The minimum absolute atomic E-state index is 0.360.